The molecule has 648 valence electrons. The van der Waals surface area contributed by atoms with Gasteiger partial charge in [-0.3, -0.25) is 19.2 Å². The minimum Gasteiger partial charge on any atom is -0.394 e. The third kappa shape index (κ3) is 20.2. The quantitative estimate of drug-likeness (QED) is 0.0331. The molecule has 9 aliphatic heterocycles. The summed E-state index contributed by atoms with van der Waals surface area (Å²) in [4.78, 5) is 51.1. The molecule has 0 bridgehead atoms. The van der Waals surface area contributed by atoms with Gasteiger partial charge in [-0.25, -0.2) is 0 Å². The summed E-state index contributed by atoms with van der Waals surface area (Å²) in [5.74, 6) is -3.40. The van der Waals surface area contributed by atoms with Gasteiger partial charge in [0.05, 0.1) is 71.6 Å². The average molecular weight is 1640 g/mol. The van der Waals surface area contributed by atoms with Gasteiger partial charge in [-0.1, -0.05) is 0 Å². The predicted molar refractivity (Wildman–Crippen MR) is 347 cm³/mol. The van der Waals surface area contributed by atoms with Gasteiger partial charge in [0.25, 0.3) is 0 Å². The van der Waals surface area contributed by atoms with Gasteiger partial charge >= 0.3 is 0 Å². The first kappa shape index (κ1) is 92.1. The van der Waals surface area contributed by atoms with Crippen LogP contribution in [0.4, 0.5) is 0 Å². The van der Waals surface area contributed by atoms with Crippen LogP contribution in [0.3, 0.4) is 0 Å². The molecule has 9 aliphatic rings. The summed E-state index contributed by atoms with van der Waals surface area (Å²) in [6.07, 6.45) is -82.9. The number of aliphatic hydroxyl groups excluding tert-OH is 24. The van der Waals surface area contributed by atoms with Crippen molar-refractivity contribution in [3.63, 3.8) is 0 Å². The number of carbonyl (C=O) groups excluding carboxylic acids is 4. The van der Waals surface area contributed by atoms with Crippen molar-refractivity contribution in [2.75, 3.05) is 59.5 Å². The number of hydrogen-bond donors (Lipinski definition) is 28. The maximum atomic E-state index is 13.0. The Kier molecular flexibility index (Phi) is 33.2. The molecule has 0 radical (unpaired) electrons. The van der Waals surface area contributed by atoms with Gasteiger partial charge in [0.15, 0.2) is 50.3 Å². The fourth-order valence-corrected chi connectivity index (χ4v) is 14.7. The molecule has 9 heterocycles. The molecule has 0 aromatic rings. The Bertz CT molecular complexity index is 2970. The van der Waals surface area contributed by atoms with Crippen LogP contribution >= 0.6 is 0 Å². The first-order valence-corrected chi connectivity index (χ1v) is 36.0. The molecular formula is C63H106N4O45. The van der Waals surface area contributed by atoms with E-state index in [4.69, 9.17) is 80.5 Å². The fourth-order valence-electron chi connectivity index (χ4n) is 14.7. The Morgan fingerprint density at radius 2 is 0.491 bits per heavy atom. The molecule has 0 aromatic carbocycles. The summed E-state index contributed by atoms with van der Waals surface area (Å²) in [5, 5.41) is 277. The van der Waals surface area contributed by atoms with E-state index in [9.17, 15) is 142 Å². The Labute approximate surface area is 635 Å². The van der Waals surface area contributed by atoms with Crippen LogP contribution in [-0.4, -0.2) is 482 Å². The number of amides is 4. The molecule has 9 rings (SSSR count). The third-order valence-corrected chi connectivity index (χ3v) is 20.6. The van der Waals surface area contributed by atoms with E-state index in [1.54, 1.807) is 0 Å². The van der Waals surface area contributed by atoms with Crippen LogP contribution in [0.5, 0.6) is 0 Å². The van der Waals surface area contributed by atoms with Crippen molar-refractivity contribution in [2.45, 2.75) is 311 Å². The highest BCUT2D eigenvalue weighted by molar-refractivity contribution is 5.74. The van der Waals surface area contributed by atoms with Gasteiger partial charge in [0.2, 0.25) is 23.6 Å². The summed E-state index contributed by atoms with van der Waals surface area (Å²) in [7, 11) is 0. The highest BCUT2D eigenvalue weighted by Gasteiger charge is 2.61. The highest BCUT2D eigenvalue weighted by atomic mass is 16.8. The van der Waals surface area contributed by atoms with E-state index < -0.39 is 359 Å². The molecule has 49 nitrogen and oxygen atoms in total. The third-order valence-electron chi connectivity index (χ3n) is 20.6. The van der Waals surface area contributed by atoms with Crippen LogP contribution < -0.4 is 21.3 Å². The fraction of sp³-hybridized carbons (Fsp3) is 0.937. The molecule has 4 amide bonds. The second kappa shape index (κ2) is 40.3. The lowest BCUT2D eigenvalue weighted by Gasteiger charge is -2.51. The molecule has 0 aliphatic carbocycles. The second-order valence-electron chi connectivity index (χ2n) is 28.5. The number of rotatable bonds is 29. The van der Waals surface area contributed by atoms with Crippen molar-refractivity contribution in [3.05, 3.63) is 0 Å². The number of ether oxygens (including phenoxy) is 17. The van der Waals surface area contributed by atoms with Crippen molar-refractivity contribution in [1.29, 1.82) is 0 Å². The number of carbonyl (C=O) groups is 4. The van der Waals surface area contributed by atoms with Gasteiger partial charge in [-0.05, 0) is 6.92 Å². The predicted octanol–water partition coefficient (Wildman–Crippen LogP) is -19.0. The van der Waals surface area contributed by atoms with Gasteiger partial charge < -0.3 is 224 Å². The van der Waals surface area contributed by atoms with Crippen molar-refractivity contribution < 1.29 is 222 Å². The smallest absolute Gasteiger partial charge is 0.217 e. The first-order chi connectivity index (χ1) is 53.0. The molecule has 49 heteroatoms. The Morgan fingerprint density at radius 3 is 0.839 bits per heavy atom. The molecule has 0 aromatic heterocycles. The maximum Gasteiger partial charge on any atom is 0.217 e. The van der Waals surface area contributed by atoms with Crippen LogP contribution in [0.15, 0.2) is 0 Å². The summed E-state index contributed by atoms with van der Waals surface area (Å²) in [6.45, 7) is -4.12. The Hall–Kier alpha value is -3.76. The molecule has 9 saturated heterocycles. The standard InChI is InChI=1S/C63H106N4O45/c1-15-29(64-16(2)76)38(85)49(24(10-72)97-15)106-56-30(65-17(3)77)39(86)52(27(13-75)102-56)109-61-48(95)53(110-63-55(45(92)36(83)23(9-71)101-63)112-58-32(67-19(5)79)41(88)51(26(12-74)104-58)108-60-47(94)43(90)34(81)21(7-69)99-60)37(84)28(105-61)14-96-62-54(44(91)35(82)22(8-70)100-62)111-57-31(66-18(4)78)40(87)50(25(11-73)103-57)107-59-46(93)42(89)33(80)20(6-68)98-59/h15,20-63,68-75,80-95H,6-14H2,1-5H3,(H,64,76)(H,65,77)(H,66,78)(H,67,79)/t15-,20?,21?,22?,23?,24?,25?,26?,27?,28?,29?,30?,31?,32?,33-,34-,35+,36+,37+,38+,39+,40+,41+,42-,43-,44-,45?,46?,47?,48?,49+,50+,51+,52+,53-,54?,55?,56-,57-,58-,59-,60-,61-,62-,63+/m0/s1. The number of nitrogens with one attached hydrogen (secondary N) is 4. The summed E-state index contributed by atoms with van der Waals surface area (Å²) in [5.41, 5.74) is 0. The molecule has 9 fully saturated rings. The molecule has 28 N–H and O–H groups in total. The zero-order valence-electron chi connectivity index (χ0n) is 60.7. The van der Waals surface area contributed by atoms with Crippen LogP contribution in [0.25, 0.3) is 0 Å². The molecule has 19 unspecified atom stereocenters. The lowest BCUT2D eigenvalue weighted by molar-refractivity contribution is -0.398. The minimum absolute atomic E-state index is 0.628. The lowest BCUT2D eigenvalue weighted by atomic mass is 9.92. The molecular weight excluding hydrogens is 1530 g/mol. The van der Waals surface area contributed by atoms with Crippen molar-refractivity contribution in [3.8, 4) is 0 Å². The average Bonchev–Trinajstić information content (AvgIpc) is 0.769. The Balaban J connectivity index is 1.05. The Morgan fingerprint density at radius 1 is 0.241 bits per heavy atom. The van der Waals surface area contributed by atoms with Crippen molar-refractivity contribution in [2.24, 2.45) is 0 Å². The zero-order valence-corrected chi connectivity index (χ0v) is 60.7. The first-order valence-electron chi connectivity index (χ1n) is 36.0. The number of hydrogen-bond acceptors (Lipinski definition) is 45. The van der Waals surface area contributed by atoms with E-state index in [-0.39, 0.29) is 0 Å². The van der Waals surface area contributed by atoms with Crippen LogP contribution in [0, 0.1) is 0 Å². The summed E-state index contributed by atoms with van der Waals surface area (Å²) in [6, 6.07) is -6.90. The monoisotopic (exact) mass is 1640 g/mol. The maximum absolute atomic E-state index is 13.0. The summed E-state index contributed by atoms with van der Waals surface area (Å²) >= 11 is 0. The minimum atomic E-state index is -2.55. The molecule has 0 spiro atoms. The SMILES string of the molecule is CC(=O)NC1[C@H](OC2C(O)[C@H](O)C(CO)O[C@@H]2O[C@@H]2C(O)[C@H](O[C@@H]3C(CO)O[C@@H](O[C@@H]4C(CO)O[C@@H](C)C(NC(C)=O)[C@H]4O)C(NC(C)=O)[C@H]3O)OC(CO[C@H]3OC(CO)[C@@H](O)[C@H](O)C3O[C@@H]3OC(CO)[C@@H](O[C@@H]4OC(CO)[C@H](O)[C@H](O)C4O)[C@H](O)C3NC(C)=O)[C@H]2O)OC(CO)[C@@H](O[C@@H]2OC(CO)[C@H](O)[C@H](O)C2O)[C@@H]1O. The largest absolute Gasteiger partial charge is 0.394 e. The van der Waals surface area contributed by atoms with Gasteiger partial charge in [0.1, 0.15) is 213 Å². The van der Waals surface area contributed by atoms with Gasteiger partial charge in [-0.2, -0.15) is 0 Å². The van der Waals surface area contributed by atoms with E-state index >= 15 is 0 Å². The van der Waals surface area contributed by atoms with E-state index in [2.05, 4.69) is 21.3 Å². The second-order valence-corrected chi connectivity index (χ2v) is 28.5. The normalized spacial score (nSPS) is 48.9. The van der Waals surface area contributed by atoms with Crippen LogP contribution in [0.2, 0.25) is 0 Å². The van der Waals surface area contributed by atoms with Crippen LogP contribution in [-0.2, 0) is 99.7 Å². The van der Waals surface area contributed by atoms with Crippen molar-refractivity contribution in [1.82, 2.24) is 21.3 Å². The highest BCUT2D eigenvalue weighted by Crippen LogP contribution is 2.40. The van der Waals surface area contributed by atoms with Gasteiger partial charge in [-0.15, -0.1) is 0 Å². The van der Waals surface area contributed by atoms with Gasteiger partial charge in [0, 0.05) is 27.7 Å². The van der Waals surface area contributed by atoms with Crippen LogP contribution in [0.1, 0.15) is 34.6 Å². The molecule has 112 heavy (non-hydrogen) atoms. The lowest BCUT2D eigenvalue weighted by Crippen LogP contribution is -2.71. The number of aliphatic hydroxyl groups is 24. The van der Waals surface area contributed by atoms with E-state index in [1.807, 2.05) is 0 Å². The van der Waals surface area contributed by atoms with E-state index in [0.29, 0.717) is 0 Å². The van der Waals surface area contributed by atoms with Crippen molar-refractivity contribution >= 4 is 23.6 Å². The summed E-state index contributed by atoms with van der Waals surface area (Å²) < 4.78 is 101. The molecule has 0 saturated carbocycles. The molecule has 45 atom stereocenters. The van der Waals surface area contributed by atoms with E-state index in [1.165, 1.54) is 6.92 Å². The zero-order chi connectivity index (χ0) is 82.5. The topological polar surface area (TPSA) is 759 Å². The van der Waals surface area contributed by atoms with E-state index in [0.717, 1.165) is 27.7 Å².